The van der Waals surface area contributed by atoms with Gasteiger partial charge in [-0.25, -0.2) is 0 Å². The molecule has 4 heteroatoms. The number of rotatable bonds is 7. The van der Waals surface area contributed by atoms with E-state index in [1.54, 1.807) is 18.2 Å². The second-order valence-electron chi connectivity index (χ2n) is 4.38. The lowest BCUT2D eigenvalue weighted by Crippen LogP contribution is -2.20. The summed E-state index contributed by atoms with van der Waals surface area (Å²) in [7, 11) is 0. The standard InChI is InChI=1S/C13H20ClNO2/c1-10(2)9-17-7-6-15-8-11-12(14)4-3-5-13(11)16/h3-5,10,15-16H,6-9H2,1-2H3. The number of ether oxygens (including phenoxy) is 1. The normalized spacial score (nSPS) is 11.1. The molecule has 0 radical (unpaired) electrons. The average molecular weight is 258 g/mol. The smallest absolute Gasteiger partial charge is 0.121 e. The van der Waals surface area contributed by atoms with E-state index in [9.17, 15) is 5.11 Å². The minimum atomic E-state index is 0.230. The third-order valence-corrected chi connectivity index (χ3v) is 2.62. The van der Waals surface area contributed by atoms with Gasteiger partial charge in [0.15, 0.2) is 0 Å². The van der Waals surface area contributed by atoms with Crippen LogP contribution in [0.25, 0.3) is 0 Å². The van der Waals surface area contributed by atoms with Crippen LogP contribution in [-0.2, 0) is 11.3 Å². The monoisotopic (exact) mass is 257 g/mol. The van der Waals surface area contributed by atoms with Gasteiger partial charge in [-0.2, -0.15) is 0 Å². The molecular weight excluding hydrogens is 238 g/mol. The van der Waals surface area contributed by atoms with Gasteiger partial charge in [-0.05, 0) is 18.1 Å². The van der Waals surface area contributed by atoms with Crippen LogP contribution in [0.15, 0.2) is 18.2 Å². The summed E-state index contributed by atoms with van der Waals surface area (Å²) in [4.78, 5) is 0. The fourth-order valence-electron chi connectivity index (χ4n) is 1.40. The number of hydrogen-bond donors (Lipinski definition) is 2. The Hall–Kier alpha value is -0.770. The Kier molecular flexibility index (Phi) is 6.34. The van der Waals surface area contributed by atoms with Crippen LogP contribution in [0.3, 0.4) is 0 Å². The molecule has 0 aliphatic heterocycles. The van der Waals surface area contributed by atoms with Crippen molar-refractivity contribution in [1.82, 2.24) is 5.32 Å². The van der Waals surface area contributed by atoms with E-state index in [-0.39, 0.29) is 5.75 Å². The molecule has 1 rings (SSSR count). The molecule has 0 aliphatic carbocycles. The lowest BCUT2D eigenvalue weighted by atomic mass is 10.2. The number of halogens is 1. The van der Waals surface area contributed by atoms with Crippen LogP contribution in [-0.4, -0.2) is 24.9 Å². The maximum absolute atomic E-state index is 9.61. The first-order valence-corrected chi connectivity index (χ1v) is 6.24. The van der Waals surface area contributed by atoms with Crippen molar-refractivity contribution < 1.29 is 9.84 Å². The van der Waals surface area contributed by atoms with E-state index in [4.69, 9.17) is 16.3 Å². The summed E-state index contributed by atoms with van der Waals surface area (Å²) in [6.45, 7) is 6.99. The third kappa shape index (κ3) is 5.39. The molecule has 0 aromatic heterocycles. The van der Waals surface area contributed by atoms with Gasteiger partial charge in [0.2, 0.25) is 0 Å². The van der Waals surface area contributed by atoms with Gasteiger partial charge in [0.05, 0.1) is 6.61 Å². The predicted octanol–water partition coefficient (Wildman–Crippen LogP) is 2.81. The van der Waals surface area contributed by atoms with E-state index < -0.39 is 0 Å². The molecule has 1 aromatic rings. The largest absolute Gasteiger partial charge is 0.508 e. The molecule has 17 heavy (non-hydrogen) atoms. The highest BCUT2D eigenvalue weighted by molar-refractivity contribution is 6.31. The molecule has 0 unspecified atom stereocenters. The Morgan fingerprint density at radius 1 is 1.41 bits per heavy atom. The molecule has 3 nitrogen and oxygen atoms in total. The van der Waals surface area contributed by atoms with Crippen molar-refractivity contribution in [3.05, 3.63) is 28.8 Å². The number of nitrogens with one attached hydrogen (secondary N) is 1. The van der Waals surface area contributed by atoms with Gasteiger partial charge in [-0.15, -0.1) is 0 Å². The van der Waals surface area contributed by atoms with Crippen molar-refractivity contribution in [2.24, 2.45) is 5.92 Å². The predicted molar refractivity (Wildman–Crippen MR) is 70.5 cm³/mol. The fraction of sp³-hybridized carbons (Fsp3) is 0.538. The zero-order valence-electron chi connectivity index (χ0n) is 10.4. The number of hydrogen-bond acceptors (Lipinski definition) is 3. The van der Waals surface area contributed by atoms with E-state index in [2.05, 4.69) is 19.2 Å². The SMILES string of the molecule is CC(C)COCCNCc1c(O)cccc1Cl. The van der Waals surface area contributed by atoms with Crippen molar-refractivity contribution in [3.63, 3.8) is 0 Å². The van der Waals surface area contributed by atoms with Crippen molar-refractivity contribution >= 4 is 11.6 Å². The fourth-order valence-corrected chi connectivity index (χ4v) is 1.64. The summed E-state index contributed by atoms with van der Waals surface area (Å²) in [5.41, 5.74) is 0.734. The van der Waals surface area contributed by atoms with Crippen LogP contribution < -0.4 is 5.32 Å². The Morgan fingerprint density at radius 2 is 2.18 bits per heavy atom. The number of aromatic hydroxyl groups is 1. The van der Waals surface area contributed by atoms with E-state index in [1.165, 1.54) is 0 Å². The summed E-state index contributed by atoms with van der Waals surface area (Å²) >= 11 is 5.98. The number of benzene rings is 1. The summed E-state index contributed by atoms with van der Waals surface area (Å²) in [6.07, 6.45) is 0. The van der Waals surface area contributed by atoms with Gasteiger partial charge in [-0.3, -0.25) is 0 Å². The highest BCUT2D eigenvalue weighted by atomic mass is 35.5. The first-order chi connectivity index (χ1) is 8.11. The maximum Gasteiger partial charge on any atom is 0.121 e. The average Bonchev–Trinajstić information content (AvgIpc) is 2.26. The highest BCUT2D eigenvalue weighted by Crippen LogP contribution is 2.24. The Labute approximate surface area is 108 Å². The maximum atomic E-state index is 9.61. The van der Waals surface area contributed by atoms with Crippen LogP contribution >= 0.6 is 11.6 Å². The lowest BCUT2D eigenvalue weighted by Gasteiger charge is -2.10. The molecule has 96 valence electrons. The van der Waals surface area contributed by atoms with Crippen molar-refractivity contribution in [2.45, 2.75) is 20.4 Å². The molecule has 0 saturated heterocycles. The van der Waals surface area contributed by atoms with Crippen LogP contribution in [0.4, 0.5) is 0 Å². The molecule has 2 N–H and O–H groups in total. The van der Waals surface area contributed by atoms with Crippen molar-refractivity contribution in [1.29, 1.82) is 0 Å². The molecular formula is C13H20ClNO2. The Balaban J connectivity index is 2.22. The first kappa shape index (κ1) is 14.3. The van der Waals surface area contributed by atoms with Crippen LogP contribution in [0, 0.1) is 5.92 Å². The topological polar surface area (TPSA) is 41.5 Å². The second-order valence-corrected chi connectivity index (χ2v) is 4.79. The first-order valence-electron chi connectivity index (χ1n) is 5.86. The molecule has 0 amide bonds. The summed E-state index contributed by atoms with van der Waals surface area (Å²) < 4.78 is 5.44. The molecule has 0 bridgehead atoms. The number of phenolic OH excluding ortho intramolecular Hbond substituents is 1. The summed E-state index contributed by atoms with van der Waals surface area (Å²) in [5.74, 6) is 0.788. The number of phenols is 1. The van der Waals surface area contributed by atoms with E-state index in [1.807, 2.05) is 0 Å². The van der Waals surface area contributed by atoms with E-state index in [0.29, 0.717) is 24.1 Å². The molecule has 1 aromatic carbocycles. The van der Waals surface area contributed by atoms with Gasteiger partial charge in [-0.1, -0.05) is 31.5 Å². The van der Waals surface area contributed by atoms with Crippen LogP contribution in [0.2, 0.25) is 5.02 Å². The molecule has 0 spiro atoms. The summed E-state index contributed by atoms with van der Waals surface area (Å²) in [6, 6.07) is 5.14. The van der Waals surface area contributed by atoms with Crippen LogP contribution in [0.5, 0.6) is 5.75 Å². The third-order valence-electron chi connectivity index (χ3n) is 2.27. The van der Waals surface area contributed by atoms with E-state index in [0.717, 1.165) is 18.7 Å². The zero-order valence-corrected chi connectivity index (χ0v) is 11.1. The van der Waals surface area contributed by atoms with Gasteiger partial charge < -0.3 is 15.2 Å². The molecule has 0 aliphatic rings. The van der Waals surface area contributed by atoms with E-state index >= 15 is 0 Å². The molecule has 0 fully saturated rings. The minimum Gasteiger partial charge on any atom is -0.508 e. The van der Waals surface area contributed by atoms with Gasteiger partial charge in [0.25, 0.3) is 0 Å². The van der Waals surface area contributed by atoms with Crippen molar-refractivity contribution in [3.8, 4) is 5.75 Å². The minimum absolute atomic E-state index is 0.230. The highest BCUT2D eigenvalue weighted by Gasteiger charge is 2.04. The summed E-state index contributed by atoms with van der Waals surface area (Å²) in [5, 5.41) is 13.4. The molecule has 0 heterocycles. The van der Waals surface area contributed by atoms with Gasteiger partial charge in [0.1, 0.15) is 5.75 Å². The lowest BCUT2D eigenvalue weighted by molar-refractivity contribution is 0.111. The van der Waals surface area contributed by atoms with Gasteiger partial charge >= 0.3 is 0 Å². The molecule has 0 saturated carbocycles. The quantitative estimate of drug-likeness (QED) is 0.738. The second kappa shape index (κ2) is 7.54. The van der Waals surface area contributed by atoms with Gasteiger partial charge in [0, 0.05) is 30.3 Å². The van der Waals surface area contributed by atoms with Crippen molar-refractivity contribution in [2.75, 3.05) is 19.8 Å². The Bertz CT molecular complexity index is 322. The molecule has 0 atom stereocenters. The van der Waals surface area contributed by atoms with Crippen LogP contribution in [0.1, 0.15) is 19.4 Å². The zero-order chi connectivity index (χ0) is 12.7. The Morgan fingerprint density at radius 3 is 2.82 bits per heavy atom.